The molecule has 10 atom stereocenters. The predicted octanol–water partition coefficient (Wildman–Crippen LogP) is 5.03. The Balaban J connectivity index is 1.63. The minimum Gasteiger partial charge on any atom is -0.481 e. The van der Waals surface area contributed by atoms with E-state index in [1.54, 1.807) is 0 Å². The Labute approximate surface area is 182 Å². The summed E-state index contributed by atoms with van der Waals surface area (Å²) in [6.45, 7) is 9.21. The highest BCUT2D eigenvalue weighted by molar-refractivity contribution is 5.66. The zero-order chi connectivity index (χ0) is 21.8. The van der Waals surface area contributed by atoms with Crippen LogP contribution in [0.5, 0.6) is 0 Å². The number of allylic oxidation sites excluding steroid dienone is 1. The summed E-state index contributed by atoms with van der Waals surface area (Å²) in [5.41, 5.74) is 1.57. The first-order valence-corrected chi connectivity index (χ1v) is 12.4. The fourth-order valence-corrected chi connectivity index (χ4v) is 9.00. The number of hydrogen-bond donors (Lipinski definition) is 3. The van der Waals surface area contributed by atoms with Gasteiger partial charge in [0.2, 0.25) is 0 Å². The summed E-state index contributed by atoms with van der Waals surface area (Å²) in [4.78, 5) is 11.1. The smallest absolute Gasteiger partial charge is 0.303 e. The van der Waals surface area contributed by atoms with Crippen LogP contribution in [0.15, 0.2) is 11.6 Å². The topological polar surface area (TPSA) is 77.8 Å². The first-order chi connectivity index (χ1) is 14.1. The van der Waals surface area contributed by atoms with Crippen LogP contribution in [0.3, 0.4) is 0 Å². The molecule has 0 aromatic heterocycles. The minimum absolute atomic E-state index is 0.180. The third kappa shape index (κ3) is 3.28. The summed E-state index contributed by atoms with van der Waals surface area (Å²) in [5.74, 6) is 1.94. The number of aliphatic hydroxyl groups excluding tert-OH is 2. The van der Waals surface area contributed by atoms with Crippen LogP contribution in [-0.4, -0.2) is 33.5 Å². The molecule has 170 valence electrons. The number of carbonyl (C=O) groups is 1. The molecule has 0 aromatic rings. The second-order valence-electron chi connectivity index (χ2n) is 11.6. The van der Waals surface area contributed by atoms with E-state index in [0.717, 1.165) is 38.5 Å². The van der Waals surface area contributed by atoms with Crippen LogP contribution in [0.25, 0.3) is 0 Å². The summed E-state index contributed by atoms with van der Waals surface area (Å²) in [6.07, 6.45) is 9.99. The SMILES string of the molecule is CC=C1[C@@H](O)[C@@H]2[C@H](CC[C@]3(C)[C@@H](C(C)CCC(=O)O)CC[C@@H]23)[C@@]2(C)CC[C@@H](O)C[C@@H]12. The van der Waals surface area contributed by atoms with Crippen molar-refractivity contribution in [2.24, 2.45) is 46.3 Å². The molecule has 4 aliphatic rings. The van der Waals surface area contributed by atoms with Crippen LogP contribution >= 0.6 is 0 Å². The molecule has 4 heteroatoms. The van der Waals surface area contributed by atoms with Crippen LogP contribution in [0, 0.1) is 46.3 Å². The molecule has 4 fully saturated rings. The average Bonchev–Trinajstić information content (AvgIpc) is 3.05. The third-order valence-electron chi connectivity index (χ3n) is 10.5. The number of fused-ring (bicyclic) bond motifs is 5. The Morgan fingerprint density at radius 1 is 1.10 bits per heavy atom. The maximum absolute atomic E-state index is 11.6. The highest BCUT2D eigenvalue weighted by Crippen LogP contribution is 2.69. The van der Waals surface area contributed by atoms with Crippen molar-refractivity contribution in [3.05, 3.63) is 11.6 Å². The van der Waals surface area contributed by atoms with Gasteiger partial charge in [-0.15, -0.1) is 0 Å². The number of carboxylic acid groups (broad SMARTS) is 1. The summed E-state index contributed by atoms with van der Waals surface area (Å²) in [6, 6.07) is 0. The van der Waals surface area contributed by atoms with Crippen LogP contribution in [0.1, 0.15) is 85.5 Å². The van der Waals surface area contributed by atoms with E-state index in [1.165, 1.54) is 18.4 Å². The predicted molar refractivity (Wildman–Crippen MR) is 118 cm³/mol. The Bertz CT molecular complexity index is 701. The summed E-state index contributed by atoms with van der Waals surface area (Å²) in [7, 11) is 0. The van der Waals surface area contributed by atoms with Gasteiger partial charge in [-0.3, -0.25) is 4.79 Å². The molecule has 3 N–H and O–H groups in total. The second kappa shape index (κ2) is 7.92. The third-order valence-corrected chi connectivity index (χ3v) is 10.5. The molecular formula is C26H42O4. The molecular weight excluding hydrogens is 376 g/mol. The van der Waals surface area contributed by atoms with Gasteiger partial charge in [-0.05, 0) is 110 Å². The van der Waals surface area contributed by atoms with E-state index in [9.17, 15) is 15.0 Å². The minimum atomic E-state index is -0.691. The van der Waals surface area contributed by atoms with E-state index in [-0.39, 0.29) is 29.5 Å². The lowest BCUT2D eigenvalue weighted by Gasteiger charge is -2.63. The van der Waals surface area contributed by atoms with Gasteiger partial charge in [0, 0.05) is 6.42 Å². The molecule has 4 saturated carbocycles. The van der Waals surface area contributed by atoms with Crippen molar-refractivity contribution < 1.29 is 20.1 Å². The fraction of sp³-hybridized carbons (Fsp3) is 0.885. The number of rotatable bonds is 4. The first-order valence-electron chi connectivity index (χ1n) is 12.4. The maximum atomic E-state index is 11.6. The van der Waals surface area contributed by atoms with Crippen molar-refractivity contribution in [1.29, 1.82) is 0 Å². The summed E-state index contributed by atoms with van der Waals surface area (Å²) in [5, 5.41) is 31.2. The van der Waals surface area contributed by atoms with Crippen molar-refractivity contribution >= 4 is 5.97 Å². The van der Waals surface area contributed by atoms with Gasteiger partial charge in [-0.1, -0.05) is 26.8 Å². The summed E-state index contributed by atoms with van der Waals surface area (Å²) >= 11 is 0. The zero-order valence-electron chi connectivity index (χ0n) is 19.3. The molecule has 0 aliphatic heterocycles. The van der Waals surface area contributed by atoms with E-state index in [4.69, 9.17) is 5.11 Å². The Morgan fingerprint density at radius 2 is 1.77 bits per heavy atom. The molecule has 0 radical (unpaired) electrons. The van der Waals surface area contributed by atoms with Crippen LogP contribution in [0.4, 0.5) is 0 Å². The molecule has 4 nitrogen and oxygen atoms in total. The molecule has 0 spiro atoms. The van der Waals surface area contributed by atoms with Gasteiger partial charge < -0.3 is 15.3 Å². The largest absolute Gasteiger partial charge is 0.481 e. The zero-order valence-corrected chi connectivity index (χ0v) is 19.3. The monoisotopic (exact) mass is 418 g/mol. The highest BCUT2D eigenvalue weighted by atomic mass is 16.4. The molecule has 0 bridgehead atoms. The van der Waals surface area contributed by atoms with E-state index in [0.29, 0.717) is 35.5 Å². The highest BCUT2D eigenvalue weighted by Gasteiger charge is 2.63. The van der Waals surface area contributed by atoms with Crippen LogP contribution in [-0.2, 0) is 4.79 Å². The average molecular weight is 419 g/mol. The van der Waals surface area contributed by atoms with E-state index in [1.807, 2.05) is 0 Å². The van der Waals surface area contributed by atoms with Crippen molar-refractivity contribution in [1.82, 2.24) is 0 Å². The van der Waals surface area contributed by atoms with Crippen molar-refractivity contribution in [2.45, 2.75) is 97.7 Å². The molecule has 0 heterocycles. The maximum Gasteiger partial charge on any atom is 0.303 e. The van der Waals surface area contributed by atoms with E-state index in [2.05, 4.69) is 33.8 Å². The molecule has 0 aromatic carbocycles. The molecule has 4 aliphatic carbocycles. The van der Waals surface area contributed by atoms with Gasteiger partial charge in [0.05, 0.1) is 12.2 Å². The lowest BCUT2D eigenvalue weighted by molar-refractivity contribution is -0.147. The molecule has 0 amide bonds. The quantitative estimate of drug-likeness (QED) is 0.559. The van der Waals surface area contributed by atoms with Crippen molar-refractivity contribution in [3.63, 3.8) is 0 Å². The second-order valence-corrected chi connectivity index (χ2v) is 11.6. The lowest BCUT2D eigenvalue weighted by Crippen LogP contribution is -2.59. The van der Waals surface area contributed by atoms with Gasteiger partial charge in [0.25, 0.3) is 0 Å². The molecule has 4 rings (SSSR count). The number of hydrogen-bond acceptors (Lipinski definition) is 3. The lowest BCUT2D eigenvalue weighted by atomic mass is 9.42. The number of carboxylic acids is 1. The fourth-order valence-electron chi connectivity index (χ4n) is 9.00. The van der Waals surface area contributed by atoms with Crippen LogP contribution < -0.4 is 0 Å². The van der Waals surface area contributed by atoms with Gasteiger partial charge in [0.15, 0.2) is 0 Å². The normalized spacial score (nSPS) is 50.5. The standard InChI is InChI=1S/C26H42O4/c1-5-17-21-14-16(27)10-12-26(21,4)20-11-13-25(3)18(15(2)6-9-22(28)29)7-8-19(25)23(20)24(17)30/h5,15-16,18-21,23-24,27,30H,6-14H2,1-4H3,(H,28,29)/t15?,16-,18-,19+,20+,21+,23+,24-,25-,26-/m1/s1. The Morgan fingerprint density at radius 3 is 2.43 bits per heavy atom. The first kappa shape index (κ1) is 22.3. The van der Waals surface area contributed by atoms with Crippen LogP contribution in [0.2, 0.25) is 0 Å². The van der Waals surface area contributed by atoms with Gasteiger partial charge in [-0.25, -0.2) is 0 Å². The van der Waals surface area contributed by atoms with Crippen molar-refractivity contribution in [3.8, 4) is 0 Å². The number of aliphatic hydroxyl groups is 2. The molecule has 30 heavy (non-hydrogen) atoms. The van der Waals surface area contributed by atoms with Crippen molar-refractivity contribution in [2.75, 3.05) is 0 Å². The Kier molecular flexibility index (Phi) is 5.89. The Hall–Kier alpha value is -0.870. The molecule has 0 saturated heterocycles. The van der Waals surface area contributed by atoms with E-state index < -0.39 is 5.97 Å². The van der Waals surface area contributed by atoms with Gasteiger partial charge >= 0.3 is 5.97 Å². The number of aliphatic carboxylic acids is 1. The molecule has 1 unspecified atom stereocenters. The van der Waals surface area contributed by atoms with Gasteiger partial charge in [-0.2, -0.15) is 0 Å². The van der Waals surface area contributed by atoms with E-state index >= 15 is 0 Å². The van der Waals surface area contributed by atoms with Gasteiger partial charge in [0.1, 0.15) is 0 Å². The summed E-state index contributed by atoms with van der Waals surface area (Å²) < 4.78 is 0.